The monoisotopic (exact) mass is 124 g/mol. The van der Waals surface area contributed by atoms with Crippen molar-refractivity contribution in [3.63, 3.8) is 0 Å². The summed E-state index contributed by atoms with van der Waals surface area (Å²) < 4.78 is 39.2. The molecule has 0 aliphatic rings. The summed E-state index contributed by atoms with van der Waals surface area (Å²) in [5.74, 6) is 0. The van der Waals surface area contributed by atoms with Gasteiger partial charge in [0.15, 0.2) is 0 Å². The van der Waals surface area contributed by atoms with Crippen molar-refractivity contribution < 1.29 is 16.8 Å². The highest BCUT2D eigenvalue weighted by Gasteiger charge is 2.44. The highest BCUT2D eigenvalue weighted by Crippen LogP contribution is 2.65. The Morgan fingerprint density at radius 2 is 0.833 bits per heavy atom. The maximum absolute atomic E-state index is 9.80. The topological polar surface area (TPSA) is 35.0 Å². The molecule has 0 heterocycles. The maximum atomic E-state index is 9.80. The number of hydrogen-bond donors (Lipinski definition) is 1. The zero-order valence-corrected chi connectivity index (χ0v) is 3.56. The predicted molar refractivity (Wildman–Crippen MR) is 16.4 cm³/mol. The van der Waals surface area contributed by atoms with Crippen LogP contribution in [0.5, 0.6) is 0 Å². The molecule has 0 spiro atoms. The Bertz CT molecular complexity index is 23.0. The van der Waals surface area contributed by atoms with E-state index in [4.69, 9.17) is 0 Å². The van der Waals surface area contributed by atoms with Crippen molar-refractivity contribution in [2.75, 3.05) is 0 Å². The van der Waals surface area contributed by atoms with Crippen molar-refractivity contribution in [1.82, 2.24) is 6.15 Å². The first-order valence-electron chi connectivity index (χ1n) is 0.676. The Hall–Kier alpha value is 0.110. The summed E-state index contributed by atoms with van der Waals surface area (Å²) in [4.78, 5) is 0. The van der Waals surface area contributed by atoms with Crippen LogP contribution in [0, 0.1) is 0 Å². The Morgan fingerprint density at radius 3 is 0.833 bits per heavy atom. The molecule has 0 rings (SSSR count). The van der Waals surface area contributed by atoms with Gasteiger partial charge in [-0.25, -0.2) is 0 Å². The first-order valence-corrected chi connectivity index (χ1v) is 2.03. The van der Waals surface area contributed by atoms with Crippen molar-refractivity contribution in [1.29, 1.82) is 0 Å². The second-order valence-electron chi connectivity index (χ2n) is 0.383. The molecule has 0 aromatic rings. The zero-order valence-electron chi connectivity index (χ0n) is 2.67. The molecule has 3 N–H and O–H groups in total. The van der Waals surface area contributed by atoms with E-state index in [1.807, 2.05) is 0 Å². The highest BCUT2D eigenvalue weighted by atomic mass is 31.3. The fourth-order valence-corrected chi connectivity index (χ4v) is 0. The zero-order chi connectivity index (χ0) is 4.50. The molecule has 0 amide bonds. The van der Waals surface area contributed by atoms with Crippen LogP contribution in [0.25, 0.3) is 0 Å². The van der Waals surface area contributed by atoms with Crippen LogP contribution in [-0.4, -0.2) is 0 Å². The molecule has 40 valence electrons. The van der Waals surface area contributed by atoms with Crippen molar-refractivity contribution in [2.24, 2.45) is 0 Å². The standard InChI is InChI=1S/F4P.H3N/c1-5(2,3)4;/h;1H3/q+1;. The summed E-state index contributed by atoms with van der Waals surface area (Å²) in [5, 5.41) is 0. The van der Waals surface area contributed by atoms with E-state index in [-0.39, 0.29) is 6.15 Å². The van der Waals surface area contributed by atoms with E-state index in [1.54, 1.807) is 0 Å². The molecule has 1 nitrogen and oxygen atoms in total. The molecule has 0 radical (unpaired) electrons. The van der Waals surface area contributed by atoms with E-state index in [2.05, 4.69) is 0 Å². The maximum Gasteiger partial charge on any atom is 0.755 e. The molecule has 0 saturated carbocycles. The van der Waals surface area contributed by atoms with Gasteiger partial charge in [-0.05, 0) is 0 Å². The molecule has 0 aliphatic carbocycles. The second kappa shape index (κ2) is 2.31. The summed E-state index contributed by atoms with van der Waals surface area (Å²) in [6.07, 6.45) is 0. The van der Waals surface area contributed by atoms with Gasteiger partial charge in [-0.2, -0.15) is 0 Å². The van der Waals surface area contributed by atoms with Crippen LogP contribution in [0.15, 0.2) is 0 Å². The van der Waals surface area contributed by atoms with Crippen LogP contribution < -0.4 is 6.15 Å². The van der Waals surface area contributed by atoms with Gasteiger partial charge in [0.2, 0.25) is 0 Å². The molecule has 0 fully saturated rings. The number of hydrogen-bond acceptors (Lipinski definition) is 1. The lowest BCUT2D eigenvalue weighted by Crippen LogP contribution is -1.37. The highest BCUT2D eigenvalue weighted by molar-refractivity contribution is 7.54. The third kappa shape index (κ3) is 3290. The summed E-state index contributed by atoms with van der Waals surface area (Å²) in [6.45, 7) is 0. The van der Waals surface area contributed by atoms with E-state index in [0.717, 1.165) is 0 Å². The second-order valence-corrected chi connectivity index (χ2v) is 1.15. The quantitative estimate of drug-likeness (QED) is 0.391. The Kier molecular flexibility index (Phi) is 3.64. The minimum Gasteiger partial charge on any atom is -0.344 e. The van der Waals surface area contributed by atoms with Gasteiger partial charge < -0.3 is 6.15 Å². The summed E-state index contributed by atoms with van der Waals surface area (Å²) in [6, 6.07) is 0. The van der Waals surface area contributed by atoms with Crippen LogP contribution in [0.2, 0.25) is 0 Å². The Morgan fingerprint density at radius 1 is 0.833 bits per heavy atom. The van der Waals surface area contributed by atoms with Crippen molar-refractivity contribution in [3.05, 3.63) is 0 Å². The van der Waals surface area contributed by atoms with Gasteiger partial charge in [-0.15, -0.1) is 0 Å². The fraction of sp³-hybridized carbons (Fsp3) is 0. The van der Waals surface area contributed by atoms with Gasteiger partial charge in [0.05, 0.1) is 16.8 Å². The molecular formula is H3F4NP+. The summed E-state index contributed by atoms with van der Waals surface area (Å²) in [7, 11) is -6.39. The summed E-state index contributed by atoms with van der Waals surface area (Å²) in [5.41, 5.74) is 0. The molecule has 0 aromatic heterocycles. The van der Waals surface area contributed by atoms with Crippen LogP contribution in [-0.2, 0) is 0 Å². The van der Waals surface area contributed by atoms with Gasteiger partial charge in [-0.1, -0.05) is 0 Å². The van der Waals surface area contributed by atoms with E-state index >= 15 is 0 Å². The third-order valence-electron chi connectivity index (χ3n) is 0. The largest absolute Gasteiger partial charge is 0.755 e. The van der Waals surface area contributed by atoms with E-state index in [1.165, 1.54) is 0 Å². The molecule has 0 bridgehead atoms. The van der Waals surface area contributed by atoms with Crippen LogP contribution in [0.3, 0.4) is 0 Å². The van der Waals surface area contributed by atoms with Crippen LogP contribution in [0.4, 0.5) is 16.8 Å². The average Bonchev–Trinajstić information content (AvgIpc) is 0.722. The predicted octanol–water partition coefficient (Wildman–Crippen LogP) is 2.70. The average molecular weight is 124 g/mol. The molecule has 6 heavy (non-hydrogen) atoms. The van der Waals surface area contributed by atoms with Crippen LogP contribution >= 0.6 is 8.51 Å². The molecule has 0 atom stereocenters. The van der Waals surface area contributed by atoms with Crippen LogP contribution in [0.1, 0.15) is 0 Å². The summed E-state index contributed by atoms with van der Waals surface area (Å²) >= 11 is 0. The molecule has 0 aliphatic heterocycles. The number of rotatable bonds is 0. The Labute approximate surface area is 32.7 Å². The smallest absolute Gasteiger partial charge is 0.344 e. The lowest BCUT2D eigenvalue weighted by Gasteiger charge is -1.62. The Balaban J connectivity index is 0. The first kappa shape index (κ1) is 9.44. The minimum absolute atomic E-state index is 0. The lowest BCUT2D eigenvalue weighted by atomic mass is 14.0. The van der Waals surface area contributed by atoms with Gasteiger partial charge in [0.1, 0.15) is 0 Å². The van der Waals surface area contributed by atoms with E-state index in [0.29, 0.717) is 0 Å². The van der Waals surface area contributed by atoms with Gasteiger partial charge >= 0.3 is 8.51 Å². The van der Waals surface area contributed by atoms with Crippen molar-refractivity contribution >= 4 is 8.51 Å². The van der Waals surface area contributed by atoms with E-state index < -0.39 is 8.51 Å². The SMILES string of the molecule is F[P+](F)(F)F.N. The minimum atomic E-state index is -6.39. The third-order valence-corrected chi connectivity index (χ3v) is 0. The number of halogens is 4. The van der Waals surface area contributed by atoms with Gasteiger partial charge in [0, 0.05) is 0 Å². The normalized spacial score (nSPS) is 10.0. The first-order chi connectivity index (χ1) is 2.00. The molecule has 0 saturated heterocycles. The van der Waals surface area contributed by atoms with E-state index in [9.17, 15) is 16.8 Å². The molecule has 6 heteroatoms. The molecule has 0 aromatic carbocycles. The van der Waals surface area contributed by atoms with Gasteiger partial charge in [0.25, 0.3) is 0 Å². The molecular weight excluding hydrogens is 121 g/mol. The van der Waals surface area contributed by atoms with Gasteiger partial charge in [-0.3, -0.25) is 0 Å². The van der Waals surface area contributed by atoms with Crippen molar-refractivity contribution in [3.8, 4) is 0 Å². The molecule has 0 unspecified atom stereocenters. The lowest BCUT2D eigenvalue weighted by molar-refractivity contribution is 0.489. The fourth-order valence-electron chi connectivity index (χ4n) is 0. The van der Waals surface area contributed by atoms with Crippen molar-refractivity contribution in [2.45, 2.75) is 0 Å².